The third-order valence-corrected chi connectivity index (χ3v) is 5.26. The molecule has 3 aromatic rings. The van der Waals surface area contributed by atoms with Gasteiger partial charge in [-0.1, -0.05) is 19.1 Å². The number of hydrogen-bond acceptors (Lipinski definition) is 6. The summed E-state index contributed by atoms with van der Waals surface area (Å²) >= 11 is 0. The average Bonchev–Trinajstić information content (AvgIpc) is 3.41. The van der Waals surface area contributed by atoms with Crippen LogP contribution in [0.4, 0.5) is 0 Å². The fourth-order valence-electron chi connectivity index (χ4n) is 3.70. The Balaban J connectivity index is 1.77. The number of phenolic OH excluding ortho intramolecular Hbond substituents is 1. The Morgan fingerprint density at radius 2 is 1.78 bits per heavy atom. The number of amides is 1. The lowest BCUT2D eigenvalue weighted by Crippen LogP contribution is -2.29. The molecule has 7 nitrogen and oxygen atoms in total. The topological polar surface area (TPSA) is 100 Å². The molecule has 1 aliphatic heterocycles. The first kappa shape index (κ1) is 21.2. The molecule has 1 aliphatic rings. The molecule has 7 heteroatoms. The van der Waals surface area contributed by atoms with Crippen molar-refractivity contribution in [3.63, 3.8) is 0 Å². The van der Waals surface area contributed by atoms with Crippen molar-refractivity contribution in [2.75, 3.05) is 6.61 Å². The summed E-state index contributed by atoms with van der Waals surface area (Å²) in [4.78, 5) is 27.3. The standard InChI is InChI=1S/C25H23NO6/c1-2-13-31-19-11-7-17(8-12-19)23(28)21-22(16-5-9-18(27)10-6-16)26(25(30)24(21)29)15-20-4-3-14-32-20/h3-12,14,22,27-28H,2,13,15H2,1H3/b23-21-. The van der Waals surface area contributed by atoms with Crippen molar-refractivity contribution in [2.24, 2.45) is 0 Å². The maximum absolute atomic E-state index is 13.0. The minimum atomic E-state index is -0.836. The van der Waals surface area contributed by atoms with E-state index in [9.17, 15) is 19.8 Å². The summed E-state index contributed by atoms with van der Waals surface area (Å²) in [6.07, 6.45) is 2.36. The number of aromatic hydroxyl groups is 1. The molecule has 1 aromatic heterocycles. The molecule has 0 aliphatic carbocycles. The smallest absolute Gasteiger partial charge is 0.296 e. The normalized spacial score (nSPS) is 17.7. The highest BCUT2D eigenvalue weighted by Crippen LogP contribution is 2.40. The number of aliphatic hydroxyl groups is 1. The Bertz CT molecular complexity index is 1130. The number of carbonyl (C=O) groups is 2. The molecular weight excluding hydrogens is 410 g/mol. The minimum Gasteiger partial charge on any atom is -0.508 e. The van der Waals surface area contributed by atoms with Gasteiger partial charge in [0.1, 0.15) is 23.0 Å². The molecule has 0 spiro atoms. The van der Waals surface area contributed by atoms with Crippen LogP contribution in [0, 0.1) is 0 Å². The SMILES string of the molecule is CCCOc1ccc(/C(O)=C2/C(=O)C(=O)N(Cc3ccco3)C2c2ccc(O)cc2)cc1. The third kappa shape index (κ3) is 4.09. The van der Waals surface area contributed by atoms with Gasteiger partial charge in [-0.3, -0.25) is 9.59 Å². The Morgan fingerprint density at radius 3 is 2.41 bits per heavy atom. The molecule has 1 atom stereocenters. The Kier molecular flexibility index (Phi) is 5.98. The van der Waals surface area contributed by atoms with E-state index in [1.165, 1.54) is 23.3 Å². The number of furan rings is 1. The quantitative estimate of drug-likeness (QED) is 0.326. The maximum atomic E-state index is 13.0. The number of hydrogen-bond donors (Lipinski definition) is 2. The minimum absolute atomic E-state index is 0.0190. The van der Waals surface area contributed by atoms with Gasteiger partial charge in [-0.05, 0) is 60.5 Å². The van der Waals surface area contributed by atoms with E-state index >= 15 is 0 Å². The third-order valence-electron chi connectivity index (χ3n) is 5.26. The number of nitrogens with zero attached hydrogens (tertiary/aromatic N) is 1. The van der Waals surface area contributed by atoms with E-state index < -0.39 is 17.7 Å². The van der Waals surface area contributed by atoms with Gasteiger partial charge in [0.2, 0.25) is 0 Å². The molecule has 1 unspecified atom stereocenters. The number of Topliss-reactive ketones (excluding diaryl/α,β-unsaturated/α-hetero) is 1. The summed E-state index contributed by atoms with van der Waals surface area (Å²) < 4.78 is 10.9. The average molecular weight is 433 g/mol. The summed E-state index contributed by atoms with van der Waals surface area (Å²) in [6.45, 7) is 2.64. The van der Waals surface area contributed by atoms with Crippen molar-refractivity contribution >= 4 is 17.4 Å². The highest BCUT2D eigenvalue weighted by atomic mass is 16.5. The van der Waals surface area contributed by atoms with E-state index in [1.807, 2.05) is 6.92 Å². The first-order chi connectivity index (χ1) is 15.5. The van der Waals surface area contributed by atoms with Crippen LogP contribution in [-0.2, 0) is 16.1 Å². The molecule has 1 amide bonds. The largest absolute Gasteiger partial charge is 0.508 e. The monoisotopic (exact) mass is 433 g/mol. The molecule has 2 heterocycles. The number of phenols is 1. The molecule has 1 saturated heterocycles. The zero-order chi connectivity index (χ0) is 22.7. The predicted octanol–water partition coefficient (Wildman–Crippen LogP) is 4.40. The second kappa shape index (κ2) is 9.01. The first-order valence-corrected chi connectivity index (χ1v) is 10.3. The summed E-state index contributed by atoms with van der Waals surface area (Å²) in [5.74, 6) is -0.572. The van der Waals surface area contributed by atoms with E-state index in [2.05, 4.69) is 0 Å². The number of rotatable bonds is 7. The van der Waals surface area contributed by atoms with E-state index in [-0.39, 0.29) is 23.6 Å². The summed E-state index contributed by atoms with van der Waals surface area (Å²) in [5.41, 5.74) is 0.959. The molecular formula is C25H23NO6. The zero-order valence-corrected chi connectivity index (χ0v) is 17.5. The molecule has 4 rings (SSSR count). The highest BCUT2D eigenvalue weighted by Gasteiger charge is 2.46. The number of ether oxygens (including phenoxy) is 1. The Hall–Kier alpha value is -4.00. The van der Waals surface area contributed by atoms with Gasteiger partial charge in [0.15, 0.2) is 0 Å². The zero-order valence-electron chi connectivity index (χ0n) is 17.5. The van der Waals surface area contributed by atoms with Gasteiger partial charge in [-0.25, -0.2) is 0 Å². The van der Waals surface area contributed by atoms with Crippen LogP contribution in [0.3, 0.4) is 0 Å². The second-order valence-electron chi connectivity index (χ2n) is 7.47. The Morgan fingerprint density at radius 1 is 1.06 bits per heavy atom. The van der Waals surface area contributed by atoms with Crippen LogP contribution in [-0.4, -0.2) is 33.4 Å². The van der Waals surface area contributed by atoms with Crippen LogP contribution in [0.2, 0.25) is 0 Å². The molecule has 164 valence electrons. The number of benzene rings is 2. The van der Waals surface area contributed by atoms with Gasteiger partial charge in [-0.2, -0.15) is 0 Å². The van der Waals surface area contributed by atoms with Gasteiger partial charge < -0.3 is 24.3 Å². The Labute approximate surface area is 185 Å². The van der Waals surface area contributed by atoms with Gasteiger partial charge in [0.25, 0.3) is 11.7 Å². The van der Waals surface area contributed by atoms with E-state index in [0.29, 0.717) is 29.2 Å². The fraction of sp³-hybridized carbons (Fsp3) is 0.200. The first-order valence-electron chi connectivity index (χ1n) is 10.3. The second-order valence-corrected chi connectivity index (χ2v) is 7.47. The van der Waals surface area contributed by atoms with E-state index in [0.717, 1.165) is 6.42 Å². The molecule has 1 fully saturated rings. The summed E-state index contributed by atoms with van der Waals surface area (Å²) in [7, 11) is 0. The molecule has 2 aromatic carbocycles. The van der Waals surface area contributed by atoms with Crippen molar-refractivity contribution in [2.45, 2.75) is 25.9 Å². The van der Waals surface area contributed by atoms with Crippen molar-refractivity contribution in [1.29, 1.82) is 0 Å². The number of carbonyl (C=O) groups excluding carboxylic acids is 2. The molecule has 0 bridgehead atoms. The predicted molar refractivity (Wildman–Crippen MR) is 117 cm³/mol. The van der Waals surface area contributed by atoms with Gasteiger partial charge in [0.05, 0.1) is 31.0 Å². The lowest BCUT2D eigenvalue weighted by atomic mass is 9.95. The summed E-state index contributed by atoms with van der Waals surface area (Å²) in [5, 5.41) is 20.8. The van der Waals surface area contributed by atoms with Crippen molar-refractivity contribution in [3.05, 3.63) is 89.4 Å². The highest BCUT2D eigenvalue weighted by molar-refractivity contribution is 6.46. The molecule has 0 radical (unpaired) electrons. The maximum Gasteiger partial charge on any atom is 0.296 e. The van der Waals surface area contributed by atoms with E-state index in [1.54, 1.807) is 48.5 Å². The number of likely N-dealkylation sites (tertiary alicyclic amines) is 1. The van der Waals surface area contributed by atoms with E-state index in [4.69, 9.17) is 9.15 Å². The molecule has 0 saturated carbocycles. The number of aliphatic hydroxyl groups excluding tert-OH is 1. The van der Waals surface area contributed by atoms with Gasteiger partial charge in [0, 0.05) is 5.56 Å². The van der Waals surface area contributed by atoms with Gasteiger partial charge >= 0.3 is 0 Å². The van der Waals surface area contributed by atoms with Crippen LogP contribution < -0.4 is 4.74 Å². The lowest BCUT2D eigenvalue weighted by Gasteiger charge is -2.24. The van der Waals surface area contributed by atoms with Crippen LogP contribution in [0.15, 0.2) is 76.9 Å². The van der Waals surface area contributed by atoms with Crippen molar-refractivity contribution in [1.82, 2.24) is 4.90 Å². The van der Waals surface area contributed by atoms with Crippen LogP contribution in [0.5, 0.6) is 11.5 Å². The molecule has 32 heavy (non-hydrogen) atoms. The summed E-state index contributed by atoms with van der Waals surface area (Å²) in [6, 6.07) is 15.5. The number of ketones is 1. The fourth-order valence-corrected chi connectivity index (χ4v) is 3.70. The molecule has 2 N–H and O–H groups in total. The van der Waals surface area contributed by atoms with Crippen LogP contribution in [0.25, 0.3) is 5.76 Å². The van der Waals surface area contributed by atoms with Crippen molar-refractivity contribution in [3.8, 4) is 11.5 Å². The lowest BCUT2D eigenvalue weighted by molar-refractivity contribution is -0.140. The van der Waals surface area contributed by atoms with Crippen LogP contribution >= 0.6 is 0 Å². The van der Waals surface area contributed by atoms with Crippen LogP contribution in [0.1, 0.15) is 36.3 Å². The van der Waals surface area contributed by atoms with Gasteiger partial charge in [-0.15, -0.1) is 0 Å². The van der Waals surface area contributed by atoms with Crippen molar-refractivity contribution < 1.29 is 29.0 Å².